The quantitative estimate of drug-likeness (QED) is 0.417. The van der Waals surface area contributed by atoms with Crippen molar-refractivity contribution in [3.63, 3.8) is 0 Å². The van der Waals surface area contributed by atoms with E-state index in [-0.39, 0.29) is 11.8 Å². The minimum Gasteiger partial charge on any atom is -0.497 e. The van der Waals surface area contributed by atoms with Gasteiger partial charge in [0.2, 0.25) is 0 Å². The summed E-state index contributed by atoms with van der Waals surface area (Å²) in [7, 11) is 4.67. The molecule has 2 amide bonds. The number of rotatable bonds is 8. The highest BCUT2D eigenvalue weighted by molar-refractivity contribution is 6.04. The Morgan fingerprint density at radius 2 is 1.38 bits per heavy atom. The third-order valence-corrected chi connectivity index (χ3v) is 4.54. The zero-order valence-corrected chi connectivity index (χ0v) is 17.9. The van der Waals surface area contributed by atoms with Gasteiger partial charge in [0.25, 0.3) is 11.8 Å². The monoisotopic (exact) mass is 433 g/mol. The second-order valence-electron chi connectivity index (χ2n) is 6.57. The summed E-state index contributed by atoms with van der Waals surface area (Å²) >= 11 is 0. The van der Waals surface area contributed by atoms with Gasteiger partial charge in [0.15, 0.2) is 11.5 Å². The number of carbonyl (C=O) groups excluding carboxylic acids is 2. The number of carbonyl (C=O) groups is 2. The van der Waals surface area contributed by atoms with E-state index in [1.807, 2.05) is 0 Å². The van der Waals surface area contributed by atoms with Gasteiger partial charge in [-0.05, 0) is 72.3 Å². The van der Waals surface area contributed by atoms with E-state index < -0.39 is 0 Å². The first-order chi connectivity index (χ1) is 15.5. The van der Waals surface area contributed by atoms with Crippen LogP contribution in [0.4, 0.5) is 5.69 Å². The molecule has 0 heterocycles. The average molecular weight is 433 g/mol. The average Bonchev–Trinajstić information content (AvgIpc) is 2.84. The van der Waals surface area contributed by atoms with E-state index >= 15 is 0 Å². The number of hydrogen-bond donors (Lipinski definition) is 2. The molecule has 0 bridgehead atoms. The third kappa shape index (κ3) is 5.63. The minimum absolute atomic E-state index is 0.260. The van der Waals surface area contributed by atoms with Gasteiger partial charge in [0.05, 0.1) is 27.5 Å². The van der Waals surface area contributed by atoms with Crippen LogP contribution in [-0.4, -0.2) is 39.4 Å². The Balaban J connectivity index is 1.57. The third-order valence-electron chi connectivity index (χ3n) is 4.54. The van der Waals surface area contributed by atoms with Crippen LogP contribution in [0.3, 0.4) is 0 Å². The zero-order valence-electron chi connectivity index (χ0n) is 17.9. The summed E-state index contributed by atoms with van der Waals surface area (Å²) < 4.78 is 15.5. The standard InChI is InChI=1S/C24H23N3O5/c1-30-20-11-7-17(8-12-20)23(28)26-19-9-5-18(6-10-19)24(29)27-25-15-16-4-13-21(31-2)22(14-16)32-3/h4-15H,1-3H3,(H,26,28)(H,27,29). The Bertz CT molecular complexity index is 1110. The molecule has 2 N–H and O–H groups in total. The molecule has 3 aromatic rings. The van der Waals surface area contributed by atoms with Crippen LogP contribution in [0.25, 0.3) is 0 Å². The maximum Gasteiger partial charge on any atom is 0.271 e. The number of hydrogen-bond acceptors (Lipinski definition) is 6. The van der Waals surface area contributed by atoms with Crippen LogP contribution in [0.5, 0.6) is 17.2 Å². The van der Waals surface area contributed by atoms with Gasteiger partial charge < -0.3 is 19.5 Å². The Hall–Kier alpha value is -4.33. The maximum absolute atomic E-state index is 12.3. The molecule has 0 aliphatic rings. The van der Waals surface area contributed by atoms with Gasteiger partial charge in [-0.2, -0.15) is 5.10 Å². The number of anilines is 1. The maximum atomic E-state index is 12.3. The van der Waals surface area contributed by atoms with Crippen LogP contribution in [0.15, 0.2) is 71.8 Å². The lowest BCUT2D eigenvalue weighted by molar-refractivity contribution is 0.0954. The molecule has 0 aliphatic heterocycles. The fraction of sp³-hybridized carbons (Fsp3) is 0.125. The molecule has 0 atom stereocenters. The summed E-state index contributed by atoms with van der Waals surface area (Å²) in [5.74, 6) is 1.20. The van der Waals surface area contributed by atoms with Crippen LogP contribution < -0.4 is 25.0 Å². The second kappa shape index (κ2) is 10.6. The predicted octanol–water partition coefficient (Wildman–Crippen LogP) is 3.73. The molecule has 0 saturated carbocycles. The molecule has 0 saturated heterocycles. The Labute approximate surface area is 185 Å². The van der Waals surface area contributed by atoms with Gasteiger partial charge in [0.1, 0.15) is 5.75 Å². The van der Waals surface area contributed by atoms with Crippen LogP contribution in [0.2, 0.25) is 0 Å². The molecule has 8 nitrogen and oxygen atoms in total. The highest BCUT2D eigenvalue weighted by Crippen LogP contribution is 2.26. The molecule has 0 aromatic heterocycles. The van der Waals surface area contributed by atoms with Gasteiger partial charge in [-0.3, -0.25) is 9.59 Å². The van der Waals surface area contributed by atoms with E-state index in [9.17, 15) is 9.59 Å². The lowest BCUT2D eigenvalue weighted by Gasteiger charge is -2.08. The van der Waals surface area contributed by atoms with Gasteiger partial charge in [0, 0.05) is 16.8 Å². The molecule has 0 fully saturated rings. The largest absolute Gasteiger partial charge is 0.497 e. The first-order valence-corrected chi connectivity index (χ1v) is 9.65. The lowest BCUT2D eigenvalue weighted by atomic mass is 10.1. The summed E-state index contributed by atoms with van der Waals surface area (Å²) in [6.45, 7) is 0. The molecule has 3 rings (SSSR count). The first kappa shape index (κ1) is 22.4. The van der Waals surface area contributed by atoms with Gasteiger partial charge >= 0.3 is 0 Å². The zero-order chi connectivity index (χ0) is 22.9. The molecular weight excluding hydrogens is 410 g/mol. The van der Waals surface area contributed by atoms with E-state index in [1.165, 1.54) is 6.21 Å². The van der Waals surface area contributed by atoms with Crippen LogP contribution in [-0.2, 0) is 0 Å². The van der Waals surface area contributed by atoms with E-state index in [4.69, 9.17) is 14.2 Å². The molecule has 0 spiro atoms. The Kier molecular flexibility index (Phi) is 7.42. The Morgan fingerprint density at radius 3 is 2.00 bits per heavy atom. The van der Waals surface area contributed by atoms with E-state index in [0.717, 1.165) is 5.56 Å². The lowest BCUT2D eigenvalue weighted by Crippen LogP contribution is -2.18. The van der Waals surface area contributed by atoms with Crippen molar-refractivity contribution < 1.29 is 23.8 Å². The highest BCUT2D eigenvalue weighted by Gasteiger charge is 2.08. The first-order valence-electron chi connectivity index (χ1n) is 9.65. The van der Waals surface area contributed by atoms with E-state index in [0.29, 0.717) is 34.1 Å². The molecule has 0 radical (unpaired) electrons. The normalized spacial score (nSPS) is 10.5. The van der Waals surface area contributed by atoms with E-state index in [2.05, 4.69) is 15.8 Å². The summed E-state index contributed by atoms with van der Waals surface area (Å²) in [4.78, 5) is 24.6. The Morgan fingerprint density at radius 1 is 0.750 bits per heavy atom. The van der Waals surface area contributed by atoms with Crippen molar-refractivity contribution in [1.82, 2.24) is 5.43 Å². The molecule has 0 aliphatic carbocycles. The number of amides is 2. The van der Waals surface area contributed by atoms with Crippen molar-refractivity contribution in [1.29, 1.82) is 0 Å². The number of nitrogens with zero attached hydrogens (tertiary/aromatic N) is 1. The number of hydrazone groups is 1. The summed E-state index contributed by atoms with van der Waals surface area (Å²) in [6.07, 6.45) is 1.50. The molecule has 0 unspecified atom stereocenters. The van der Waals surface area contributed by atoms with Gasteiger partial charge in [-0.25, -0.2) is 5.43 Å². The topological polar surface area (TPSA) is 98.2 Å². The molecule has 32 heavy (non-hydrogen) atoms. The van der Waals surface area contributed by atoms with Crippen molar-refractivity contribution in [2.24, 2.45) is 5.10 Å². The predicted molar refractivity (Wildman–Crippen MR) is 122 cm³/mol. The smallest absolute Gasteiger partial charge is 0.271 e. The molecule has 164 valence electrons. The fourth-order valence-electron chi connectivity index (χ4n) is 2.81. The van der Waals surface area contributed by atoms with Crippen LogP contribution in [0.1, 0.15) is 26.3 Å². The van der Waals surface area contributed by atoms with E-state index in [1.54, 1.807) is 88.1 Å². The molecule has 8 heteroatoms. The minimum atomic E-state index is -0.380. The summed E-state index contributed by atoms with van der Waals surface area (Å²) in [5, 5.41) is 6.76. The van der Waals surface area contributed by atoms with Crippen molar-refractivity contribution in [2.75, 3.05) is 26.6 Å². The van der Waals surface area contributed by atoms with Crippen molar-refractivity contribution in [3.05, 3.63) is 83.4 Å². The molecule has 3 aromatic carbocycles. The number of methoxy groups -OCH3 is 3. The number of nitrogens with one attached hydrogen (secondary N) is 2. The summed E-state index contributed by atoms with van der Waals surface area (Å²) in [6, 6.07) is 18.6. The summed E-state index contributed by atoms with van der Waals surface area (Å²) in [5.41, 5.74) is 4.67. The number of benzene rings is 3. The van der Waals surface area contributed by atoms with Gasteiger partial charge in [-0.15, -0.1) is 0 Å². The SMILES string of the molecule is COc1ccc(C(=O)Nc2ccc(C(=O)NN=Cc3ccc(OC)c(OC)c3)cc2)cc1. The van der Waals surface area contributed by atoms with Crippen molar-refractivity contribution in [2.45, 2.75) is 0 Å². The number of ether oxygens (including phenoxy) is 3. The molecular formula is C24H23N3O5. The van der Waals surface area contributed by atoms with Crippen LogP contribution in [0, 0.1) is 0 Å². The van der Waals surface area contributed by atoms with Crippen molar-refractivity contribution >= 4 is 23.7 Å². The van der Waals surface area contributed by atoms with Crippen molar-refractivity contribution in [3.8, 4) is 17.2 Å². The fourth-order valence-corrected chi connectivity index (χ4v) is 2.81. The highest BCUT2D eigenvalue weighted by atomic mass is 16.5. The van der Waals surface area contributed by atoms with Crippen LogP contribution >= 0.6 is 0 Å². The van der Waals surface area contributed by atoms with Gasteiger partial charge in [-0.1, -0.05) is 0 Å². The second-order valence-corrected chi connectivity index (χ2v) is 6.57.